The molecule has 7 heteroatoms. The molecule has 0 aliphatic carbocycles. The molecule has 108 valence electrons. The number of aryl methyl sites for hydroxylation is 1. The molecule has 0 saturated carbocycles. The number of fused-ring (bicyclic) bond motifs is 1. The van der Waals surface area contributed by atoms with Crippen LogP contribution >= 0.6 is 0 Å². The van der Waals surface area contributed by atoms with Crippen molar-refractivity contribution in [1.29, 1.82) is 0 Å². The molecule has 2 N–H and O–H groups in total. The Kier molecular flexibility index (Phi) is 3.61. The fraction of sp³-hybridized carbons (Fsp3) is 0.538. The maximum atomic E-state index is 12.1. The molecular formula is C13H20N6O. The lowest BCUT2D eigenvalue weighted by Crippen LogP contribution is -2.47. The predicted octanol–water partition coefficient (Wildman–Crippen LogP) is 1.08. The number of hydrogen-bond donors (Lipinski definition) is 2. The average Bonchev–Trinajstić information content (AvgIpc) is 2.70. The lowest BCUT2D eigenvalue weighted by Gasteiger charge is -2.23. The summed E-state index contributed by atoms with van der Waals surface area (Å²) in [5.74, 6) is 0.535. The third kappa shape index (κ3) is 3.04. The molecule has 2 rings (SSSR count). The molecule has 0 fully saturated rings. The van der Waals surface area contributed by atoms with E-state index in [4.69, 9.17) is 0 Å². The molecule has 2 heterocycles. The Labute approximate surface area is 117 Å². The van der Waals surface area contributed by atoms with Crippen molar-refractivity contribution in [2.24, 2.45) is 7.05 Å². The zero-order chi connectivity index (χ0) is 14.9. The van der Waals surface area contributed by atoms with Gasteiger partial charge in [0, 0.05) is 12.6 Å². The summed E-state index contributed by atoms with van der Waals surface area (Å²) in [5, 5.41) is 11.0. The van der Waals surface area contributed by atoms with Crippen LogP contribution < -0.4 is 10.6 Å². The average molecular weight is 276 g/mol. The van der Waals surface area contributed by atoms with Crippen molar-refractivity contribution in [2.75, 3.05) is 5.32 Å². The van der Waals surface area contributed by atoms with Crippen LogP contribution in [0.25, 0.3) is 11.0 Å². The number of carbonyl (C=O) groups excluding carboxylic acids is 1. The Morgan fingerprint density at radius 1 is 1.35 bits per heavy atom. The molecule has 20 heavy (non-hydrogen) atoms. The highest BCUT2D eigenvalue weighted by Crippen LogP contribution is 2.18. The fourth-order valence-corrected chi connectivity index (χ4v) is 1.83. The molecule has 1 unspecified atom stereocenters. The number of carbonyl (C=O) groups is 1. The zero-order valence-electron chi connectivity index (χ0n) is 12.4. The second kappa shape index (κ2) is 5.07. The fourth-order valence-electron chi connectivity index (χ4n) is 1.83. The third-order valence-electron chi connectivity index (χ3n) is 2.77. The van der Waals surface area contributed by atoms with E-state index in [0.717, 1.165) is 11.0 Å². The lowest BCUT2D eigenvalue weighted by atomic mass is 10.1. The third-order valence-corrected chi connectivity index (χ3v) is 2.77. The molecular weight excluding hydrogens is 256 g/mol. The molecule has 1 amide bonds. The molecule has 0 aliphatic rings. The topological polar surface area (TPSA) is 84.7 Å². The molecule has 0 spiro atoms. The van der Waals surface area contributed by atoms with Gasteiger partial charge in [0.05, 0.1) is 11.6 Å². The van der Waals surface area contributed by atoms with Crippen molar-refractivity contribution in [3.63, 3.8) is 0 Å². The minimum absolute atomic E-state index is 0.0758. The van der Waals surface area contributed by atoms with Crippen LogP contribution in [0.5, 0.6) is 0 Å². The number of rotatable bonds is 3. The molecule has 0 aromatic carbocycles. The van der Waals surface area contributed by atoms with Gasteiger partial charge < -0.3 is 10.6 Å². The van der Waals surface area contributed by atoms with Gasteiger partial charge in [0.15, 0.2) is 5.65 Å². The first kappa shape index (κ1) is 14.2. The van der Waals surface area contributed by atoms with E-state index in [9.17, 15) is 4.79 Å². The Balaban J connectivity index is 2.18. The van der Waals surface area contributed by atoms with Gasteiger partial charge in [-0.05, 0) is 27.7 Å². The highest BCUT2D eigenvalue weighted by atomic mass is 16.2. The van der Waals surface area contributed by atoms with Gasteiger partial charge in [-0.1, -0.05) is 0 Å². The van der Waals surface area contributed by atoms with Crippen molar-refractivity contribution in [3.8, 4) is 0 Å². The molecule has 1 atom stereocenters. The smallest absolute Gasteiger partial charge is 0.242 e. The van der Waals surface area contributed by atoms with Gasteiger partial charge in [-0.2, -0.15) is 5.10 Å². The summed E-state index contributed by atoms with van der Waals surface area (Å²) in [5.41, 5.74) is 0.466. The number of amides is 1. The molecule has 0 radical (unpaired) electrons. The van der Waals surface area contributed by atoms with Gasteiger partial charge in [0.1, 0.15) is 18.2 Å². The molecule has 7 nitrogen and oxygen atoms in total. The predicted molar refractivity (Wildman–Crippen MR) is 77.3 cm³/mol. The van der Waals surface area contributed by atoms with E-state index < -0.39 is 6.04 Å². The van der Waals surface area contributed by atoms with E-state index in [2.05, 4.69) is 25.7 Å². The van der Waals surface area contributed by atoms with Crippen molar-refractivity contribution in [3.05, 3.63) is 12.5 Å². The van der Waals surface area contributed by atoms with E-state index in [0.29, 0.717) is 5.82 Å². The summed E-state index contributed by atoms with van der Waals surface area (Å²) >= 11 is 0. The number of hydrogen-bond acceptors (Lipinski definition) is 5. The van der Waals surface area contributed by atoms with Crippen LogP contribution in [-0.4, -0.2) is 37.2 Å². The van der Waals surface area contributed by atoms with Crippen molar-refractivity contribution < 1.29 is 4.79 Å². The second-order valence-electron chi connectivity index (χ2n) is 5.83. The largest absolute Gasteiger partial charge is 0.358 e. The van der Waals surface area contributed by atoms with Crippen molar-refractivity contribution in [2.45, 2.75) is 39.3 Å². The Hall–Kier alpha value is -2.18. The maximum Gasteiger partial charge on any atom is 0.242 e. The number of nitrogens with one attached hydrogen (secondary N) is 2. The van der Waals surface area contributed by atoms with E-state index in [1.54, 1.807) is 17.8 Å². The van der Waals surface area contributed by atoms with Crippen LogP contribution in [0.2, 0.25) is 0 Å². The van der Waals surface area contributed by atoms with Gasteiger partial charge in [0.2, 0.25) is 5.91 Å². The lowest BCUT2D eigenvalue weighted by molar-refractivity contribution is -0.122. The van der Waals surface area contributed by atoms with Gasteiger partial charge in [-0.3, -0.25) is 9.48 Å². The molecule has 2 aromatic rings. The standard InChI is InChI=1S/C13H20N6O/c1-8(12(20)18-13(2,3)4)17-10-9-6-16-19(5)11(9)15-7-14-10/h6-8H,1-5H3,(H,18,20)(H,14,15,17). The van der Waals surface area contributed by atoms with Crippen LogP contribution in [0.3, 0.4) is 0 Å². The highest BCUT2D eigenvalue weighted by Gasteiger charge is 2.20. The SMILES string of the molecule is CC(Nc1ncnc2c1cnn2C)C(=O)NC(C)(C)C. The second-order valence-corrected chi connectivity index (χ2v) is 5.83. The first-order valence-electron chi connectivity index (χ1n) is 6.49. The molecule has 0 bridgehead atoms. The van der Waals surface area contributed by atoms with E-state index in [-0.39, 0.29) is 11.4 Å². The maximum absolute atomic E-state index is 12.1. The number of anilines is 1. The number of nitrogens with zero attached hydrogens (tertiary/aromatic N) is 4. The van der Waals surface area contributed by atoms with E-state index in [1.165, 1.54) is 6.33 Å². The van der Waals surface area contributed by atoms with Gasteiger partial charge >= 0.3 is 0 Å². The summed E-state index contributed by atoms with van der Waals surface area (Å²) in [6, 6.07) is -0.396. The Morgan fingerprint density at radius 2 is 2.05 bits per heavy atom. The van der Waals surface area contributed by atoms with Crippen LogP contribution in [0.1, 0.15) is 27.7 Å². The summed E-state index contributed by atoms with van der Waals surface area (Å²) in [7, 11) is 1.81. The normalized spacial score (nSPS) is 13.2. The van der Waals surface area contributed by atoms with Crippen molar-refractivity contribution in [1.82, 2.24) is 25.1 Å². The van der Waals surface area contributed by atoms with Gasteiger partial charge in [0.25, 0.3) is 0 Å². The highest BCUT2D eigenvalue weighted by molar-refractivity contribution is 5.90. The van der Waals surface area contributed by atoms with Crippen LogP contribution in [-0.2, 0) is 11.8 Å². The molecule has 2 aromatic heterocycles. The van der Waals surface area contributed by atoms with Gasteiger partial charge in [-0.25, -0.2) is 9.97 Å². The summed E-state index contributed by atoms with van der Waals surface area (Å²) in [6.45, 7) is 7.64. The van der Waals surface area contributed by atoms with E-state index >= 15 is 0 Å². The van der Waals surface area contributed by atoms with Crippen molar-refractivity contribution >= 4 is 22.8 Å². The van der Waals surface area contributed by atoms with Gasteiger partial charge in [-0.15, -0.1) is 0 Å². The first-order chi connectivity index (χ1) is 9.28. The zero-order valence-corrected chi connectivity index (χ0v) is 12.4. The number of aromatic nitrogens is 4. The molecule has 0 aliphatic heterocycles. The monoisotopic (exact) mass is 276 g/mol. The summed E-state index contributed by atoms with van der Waals surface area (Å²) < 4.78 is 1.67. The minimum Gasteiger partial charge on any atom is -0.358 e. The van der Waals surface area contributed by atoms with Crippen LogP contribution in [0, 0.1) is 0 Å². The first-order valence-corrected chi connectivity index (χ1v) is 6.49. The molecule has 0 saturated heterocycles. The summed E-state index contributed by atoms with van der Waals surface area (Å²) in [4.78, 5) is 20.4. The quantitative estimate of drug-likeness (QED) is 0.876. The summed E-state index contributed by atoms with van der Waals surface area (Å²) in [6.07, 6.45) is 3.15. The minimum atomic E-state index is -0.396. The Bertz CT molecular complexity index is 627. The van der Waals surface area contributed by atoms with Crippen LogP contribution in [0.4, 0.5) is 5.82 Å². The van der Waals surface area contributed by atoms with Crippen LogP contribution in [0.15, 0.2) is 12.5 Å². The Morgan fingerprint density at radius 3 is 2.70 bits per heavy atom. The van der Waals surface area contributed by atoms with E-state index in [1.807, 2.05) is 27.8 Å².